The lowest BCUT2D eigenvalue weighted by molar-refractivity contribution is -0.122. The van der Waals surface area contributed by atoms with Crippen LogP contribution in [0.2, 0.25) is 0 Å². The largest absolute Gasteiger partial charge is 0.497 e. The predicted molar refractivity (Wildman–Crippen MR) is 78.8 cm³/mol. The number of rotatable bonds is 9. The molecule has 0 heterocycles. The summed E-state index contributed by atoms with van der Waals surface area (Å²) in [6.07, 6.45) is 0.838. The van der Waals surface area contributed by atoms with Gasteiger partial charge in [-0.2, -0.15) is 0 Å². The van der Waals surface area contributed by atoms with E-state index in [4.69, 9.17) is 9.47 Å². The summed E-state index contributed by atoms with van der Waals surface area (Å²) in [6, 6.07) is 7.86. The van der Waals surface area contributed by atoms with E-state index in [1.807, 2.05) is 36.2 Å². The average Bonchev–Trinajstić information content (AvgIpc) is 2.44. The fraction of sp³-hybridized carbons (Fsp3) is 0.533. The van der Waals surface area contributed by atoms with Gasteiger partial charge in [-0.15, -0.1) is 0 Å². The Balaban J connectivity index is 2.27. The van der Waals surface area contributed by atoms with Gasteiger partial charge in [0.25, 0.3) is 0 Å². The van der Waals surface area contributed by atoms with Crippen LogP contribution in [0.3, 0.4) is 0 Å². The van der Waals surface area contributed by atoms with Gasteiger partial charge in [0.1, 0.15) is 5.75 Å². The molecule has 1 N–H and O–H groups in total. The predicted octanol–water partition coefficient (Wildman–Crippen LogP) is 1.28. The van der Waals surface area contributed by atoms with Gasteiger partial charge in [0.15, 0.2) is 0 Å². The van der Waals surface area contributed by atoms with Crippen LogP contribution < -0.4 is 10.1 Å². The maximum Gasteiger partial charge on any atom is 0.234 e. The second kappa shape index (κ2) is 9.34. The highest BCUT2D eigenvalue weighted by Crippen LogP contribution is 2.12. The first kappa shape index (κ1) is 16.5. The highest BCUT2D eigenvalue weighted by Gasteiger charge is 2.06. The third-order valence-corrected chi connectivity index (χ3v) is 2.87. The Labute approximate surface area is 120 Å². The van der Waals surface area contributed by atoms with Crippen molar-refractivity contribution < 1.29 is 14.3 Å². The standard InChI is InChI=1S/C15H24N2O3/c1-17(12-15(18)16-9-4-10-19-2)11-13-5-7-14(20-3)8-6-13/h5-8H,4,9-12H2,1-3H3,(H,16,18). The molecule has 0 aliphatic rings. The molecule has 1 amide bonds. The number of amides is 1. The van der Waals surface area contributed by atoms with E-state index in [0.717, 1.165) is 24.3 Å². The van der Waals surface area contributed by atoms with Crippen molar-refractivity contribution in [1.29, 1.82) is 0 Å². The number of carbonyl (C=O) groups is 1. The Kier molecular flexibility index (Phi) is 7.69. The van der Waals surface area contributed by atoms with Crippen LogP contribution in [0.5, 0.6) is 5.75 Å². The quantitative estimate of drug-likeness (QED) is 0.692. The van der Waals surface area contributed by atoms with Crippen LogP contribution in [0.1, 0.15) is 12.0 Å². The summed E-state index contributed by atoms with van der Waals surface area (Å²) < 4.78 is 10.0. The second-order valence-electron chi connectivity index (χ2n) is 4.72. The maximum absolute atomic E-state index is 11.7. The maximum atomic E-state index is 11.7. The van der Waals surface area contributed by atoms with Crippen LogP contribution in [0.15, 0.2) is 24.3 Å². The van der Waals surface area contributed by atoms with E-state index >= 15 is 0 Å². The molecule has 0 aliphatic carbocycles. The molecule has 0 atom stereocenters. The molecule has 1 aromatic rings. The van der Waals surface area contributed by atoms with Crippen molar-refractivity contribution in [3.63, 3.8) is 0 Å². The smallest absolute Gasteiger partial charge is 0.234 e. The molecular weight excluding hydrogens is 256 g/mol. The zero-order chi connectivity index (χ0) is 14.8. The fourth-order valence-corrected chi connectivity index (χ4v) is 1.84. The van der Waals surface area contributed by atoms with Crippen molar-refractivity contribution in [1.82, 2.24) is 10.2 Å². The Morgan fingerprint density at radius 2 is 1.95 bits per heavy atom. The summed E-state index contributed by atoms with van der Waals surface area (Å²) in [5, 5.41) is 2.87. The average molecular weight is 280 g/mol. The van der Waals surface area contributed by atoms with Gasteiger partial charge < -0.3 is 14.8 Å². The summed E-state index contributed by atoms with van der Waals surface area (Å²) >= 11 is 0. The molecule has 112 valence electrons. The molecule has 5 nitrogen and oxygen atoms in total. The third-order valence-electron chi connectivity index (χ3n) is 2.87. The molecule has 1 rings (SSSR count). The lowest BCUT2D eigenvalue weighted by Crippen LogP contribution is -2.35. The fourth-order valence-electron chi connectivity index (χ4n) is 1.84. The number of hydrogen-bond acceptors (Lipinski definition) is 4. The first-order chi connectivity index (χ1) is 9.65. The summed E-state index contributed by atoms with van der Waals surface area (Å²) in [6.45, 7) is 2.44. The van der Waals surface area contributed by atoms with Gasteiger partial charge in [-0.3, -0.25) is 9.69 Å². The summed E-state index contributed by atoms with van der Waals surface area (Å²) in [5.41, 5.74) is 1.15. The Bertz CT molecular complexity index is 393. The second-order valence-corrected chi connectivity index (χ2v) is 4.72. The first-order valence-electron chi connectivity index (χ1n) is 6.73. The van der Waals surface area contributed by atoms with Gasteiger partial charge in [-0.25, -0.2) is 0 Å². The van der Waals surface area contributed by atoms with Gasteiger partial charge in [0.2, 0.25) is 5.91 Å². The van der Waals surface area contributed by atoms with Crippen molar-refractivity contribution in [2.45, 2.75) is 13.0 Å². The van der Waals surface area contributed by atoms with E-state index in [0.29, 0.717) is 19.7 Å². The highest BCUT2D eigenvalue weighted by atomic mass is 16.5. The topological polar surface area (TPSA) is 50.8 Å². The van der Waals surface area contributed by atoms with Gasteiger partial charge in [0.05, 0.1) is 13.7 Å². The first-order valence-corrected chi connectivity index (χ1v) is 6.73. The summed E-state index contributed by atoms with van der Waals surface area (Å²) in [7, 11) is 5.23. The van der Waals surface area contributed by atoms with E-state index < -0.39 is 0 Å². The number of carbonyl (C=O) groups excluding carboxylic acids is 1. The Morgan fingerprint density at radius 1 is 1.25 bits per heavy atom. The van der Waals surface area contributed by atoms with Crippen LogP contribution >= 0.6 is 0 Å². The zero-order valence-electron chi connectivity index (χ0n) is 12.5. The minimum Gasteiger partial charge on any atom is -0.497 e. The lowest BCUT2D eigenvalue weighted by atomic mass is 10.2. The molecule has 0 bridgehead atoms. The molecule has 0 aromatic heterocycles. The van der Waals surface area contributed by atoms with E-state index in [2.05, 4.69) is 5.32 Å². The minimum absolute atomic E-state index is 0.0390. The number of likely N-dealkylation sites (N-methyl/N-ethyl adjacent to an activating group) is 1. The molecule has 1 aromatic carbocycles. The molecule has 0 saturated carbocycles. The van der Waals surface area contributed by atoms with Crippen molar-refractivity contribution in [2.75, 3.05) is 41.0 Å². The van der Waals surface area contributed by atoms with Crippen molar-refractivity contribution in [3.05, 3.63) is 29.8 Å². The Morgan fingerprint density at radius 3 is 2.55 bits per heavy atom. The number of benzene rings is 1. The normalized spacial score (nSPS) is 10.6. The molecule has 0 unspecified atom stereocenters. The SMILES string of the molecule is COCCCNC(=O)CN(C)Cc1ccc(OC)cc1. The monoisotopic (exact) mass is 280 g/mol. The summed E-state index contributed by atoms with van der Waals surface area (Å²) in [4.78, 5) is 13.7. The van der Waals surface area contributed by atoms with Gasteiger partial charge in [0, 0.05) is 26.8 Å². The molecule has 0 aliphatic heterocycles. The van der Waals surface area contributed by atoms with Gasteiger partial charge >= 0.3 is 0 Å². The van der Waals surface area contributed by atoms with Crippen LogP contribution in [0.25, 0.3) is 0 Å². The van der Waals surface area contributed by atoms with Crippen molar-refractivity contribution in [3.8, 4) is 5.75 Å². The summed E-state index contributed by atoms with van der Waals surface area (Å²) in [5.74, 6) is 0.879. The van der Waals surface area contributed by atoms with Crippen LogP contribution in [0.4, 0.5) is 0 Å². The van der Waals surface area contributed by atoms with E-state index in [1.54, 1.807) is 14.2 Å². The van der Waals surface area contributed by atoms with Gasteiger partial charge in [-0.05, 0) is 31.2 Å². The molecule has 0 fully saturated rings. The lowest BCUT2D eigenvalue weighted by Gasteiger charge is -2.16. The Hall–Kier alpha value is -1.59. The van der Waals surface area contributed by atoms with Crippen LogP contribution in [0, 0.1) is 0 Å². The van der Waals surface area contributed by atoms with Crippen molar-refractivity contribution >= 4 is 5.91 Å². The molecule has 20 heavy (non-hydrogen) atoms. The third kappa shape index (κ3) is 6.54. The molecular formula is C15H24N2O3. The number of nitrogens with one attached hydrogen (secondary N) is 1. The molecule has 0 radical (unpaired) electrons. The zero-order valence-corrected chi connectivity index (χ0v) is 12.5. The van der Waals surface area contributed by atoms with Crippen molar-refractivity contribution in [2.24, 2.45) is 0 Å². The number of nitrogens with zero attached hydrogens (tertiary/aromatic N) is 1. The highest BCUT2D eigenvalue weighted by molar-refractivity contribution is 5.77. The van der Waals surface area contributed by atoms with E-state index in [9.17, 15) is 4.79 Å². The number of hydrogen-bond donors (Lipinski definition) is 1. The minimum atomic E-state index is 0.0390. The molecule has 5 heteroatoms. The molecule has 0 saturated heterocycles. The number of ether oxygens (including phenoxy) is 2. The van der Waals surface area contributed by atoms with Crippen LogP contribution in [-0.4, -0.2) is 51.8 Å². The molecule has 0 spiro atoms. The van der Waals surface area contributed by atoms with E-state index in [-0.39, 0.29) is 5.91 Å². The van der Waals surface area contributed by atoms with E-state index in [1.165, 1.54) is 0 Å². The number of methoxy groups -OCH3 is 2. The van der Waals surface area contributed by atoms with Gasteiger partial charge in [-0.1, -0.05) is 12.1 Å². The van der Waals surface area contributed by atoms with Crippen LogP contribution in [-0.2, 0) is 16.1 Å².